The molecule has 39 heavy (non-hydrogen) atoms. The van der Waals surface area contributed by atoms with E-state index >= 15 is 0 Å². The number of aryl methyl sites for hydroxylation is 1. The Balaban J connectivity index is 1.06. The highest BCUT2D eigenvalue weighted by atomic mass is 16.5. The number of imidazole rings is 1. The lowest BCUT2D eigenvalue weighted by Crippen LogP contribution is -2.31. The van der Waals surface area contributed by atoms with E-state index in [1.165, 1.54) is 37.9 Å². The van der Waals surface area contributed by atoms with Crippen molar-refractivity contribution in [2.45, 2.75) is 32.2 Å². The predicted molar refractivity (Wildman–Crippen MR) is 153 cm³/mol. The molecule has 0 atom stereocenters. The van der Waals surface area contributed by atoms with Gasteiger partial charge >= 0.3 is 0 Å². The molecule has 1 N–H and O–H groups in total. The van der Waals surface area contributed by atoms with E-state index < -0.39 is 0 Å². The van der Waals surface area contributed by atoms with Gasteiger partial charge in [-0.1, -0.05) is 30.7 Å². The zero-order valence-electron chi connectivity index (χ0n) is 22.3. The van der Waals surface area contributed by atoms with Crippen molar-refractivity contribution in [1.82, 2.24) is 34.0 Å². The molecule has 1 fully saturated rings. The molecule has 1 aliphatic heterocycles. The summed E-state index contributed by atoms with van der Waals surface area (Å²) in [5.41, 5.74) is 5.98. The van der Waals surface area contributed by atoms with Crippen LogP contribution in [0.5, 0.6) is 5.75 Å². The number of piperidine rings is 1. The van der Waals surface area contributed by atoms with Crippen LogP contribution >= 0.6 is 0 Å². The Hall–Kier alpha value is -4.24. The highest BCUT2D eigenvalue weighted by Crippen LogP contribution is 2.24. The smallest absolute Gasteiger partial charge is 0.140 e. The molecule has 0 amide bonds. The first-order valence-corrected chi connectivity index (χ1v) is 13.7. The third-order valence-electron chi connectivity index (χ3n) is 7.22. The molecule has 5 heterocycles. The Labute approximate surface area is 228 Å². The van der Waals surface area contributed by atoms with Crippen LogP contribution in [0, 0.1) is 0 Å². The molecule has 5 aromatic rings. The van der Waals surface area contributed by atoms with Gasteiger partial charge in [0.2, 0.25) is 0 Å². The van der Waals surface area contributed by atoms with Gasteiger partial charge in [0.25, 0.3) is 0 Å². The lowest BCUT2D eigenvalue weighted by Gasteiger charge is -2.26. The van der Waals surface area contributed by atoms with Crippen LogP contribution in [0.25, 0.3) is 28.2 Å². The number of ether oxygens (including phenoxy) is 1. The first-order valence-electron chi connectivity index (χ1n) is 13.7. The van der Waals surface area contributed by atoms with Gasteiger partial charge in [-0.15, -0.1) is 0 Å². The molecule has 9 nitrogen and oxygen atoms in total. The Bertz CT molecular complexity index is 1520. The van der Waals surface area contributed by atoms with Gasteiger partial charge < -0.3 is 15.0 Å². The van der Waals surface area contributed by atoms with Crippen LogP contribution in [0.1, 0.15) is 31.2 Å². The number of nitrogens with one attached hydrogen (secondary N) is 1. The minimum atomic E-state index is 0.662. The number of fused-ring (bicyclic) bond motifs is 1. The Kier molecular flexibility index (Phi) is 7.49. The third-order valence-corrected chi connectivity index (χ3v) is 7.22. The molecule has 0 spiro atoms. The molecule has 0 aliphatic carbocycles. The molecule has 0 unspecified atom stereocenters. The van der Waals surface area contributed by atoms with Crippen molar-refractivity contribution < 1.29 is 4.74 Å². The largest absolute Gasteiger partial charge is 0.493 e. The van der Waals surface area contributed by atoms with Gasteiger partial charge in [-0.25, -0.2) is 15.0 Å². The summed E-state index contributed by atoms with van der Waals surface area (Å²) in [6.07, 6.45) is 14.4. The fourth-order valence-corrected chi connectivity index (χ4v) is 5.07. The lowest BCUT2D eigenvalue weighted by atomic mass is 10.1. The van der Waals surface area contributed by atoms with Gasteiger partial charge in [0.1, 0.15) is 23.5 Å². The number of pyridine rings is 1. The van der Waals surface area contributed by atoms with Gasteiger partial charge in [-0.3, -0.25) is 9.08 Å². The van der Waals surface area contributed by atoms with Crippen LogP contribution in [0.15, 0.2) is 73.6 Å². The van der Waals surface area contributed by atoms with Crippen molar-refractivity contribution in [2.24, 2.45) is 7.05 Å². The van der Waals surface area contributed by atoms with Crippen molar-refractivity contribution in [1.29, 1.82) is 0 Å². The maximum absolute atomic E-state index is 6.03. The predicted octanol–water partition coefficient (Wildman–Crippen LogP) is 5.06. The average Bonchev–Trinajstić information content (AvgIpc) is 3.61. The Morgan fingerprint density at radius 3 is 2.62 bits per heavy atom. The van der Waals surface area contributed by atoms with E-state index in [2.05, 4.69) is 54.5 Å². The molecule has 1 saturated heterocycles. The third kappa shape index (κ3) is 6.09. The normalized spacial score (nSPS) is 14.1. The molecular formula is C30H34N8O. The highest BCUT2D eigenvalue weighted by molar-refractivity contribution is 5.64. The molecule has 6 rings (SSSR count). The number of likely N-dealkylation sites (tertiary alicyclic amines) is 1. The Morgan fingerprint density at radius 1 is 0.923 bits per heavy atom. The van der Waals surface area contributed by atoms with Crippen molar-refractivity contribution in [2.75, 3.05) is 31.6 Å². The van der Waals surface area contributed by atoms with Gasteiger partial charge in [0.15, 0.2) is 0 Å². The first-order chi connectivity index (χ1) is 19.2. The minimum absolute atomic E-state index is 0.662. The van der Waals surface area contributed by atoms with Gasteiger partial charge in [0, 0.05) is 50.2 Å². The van der Waals surface area contributed by atoms with Crippen LogP contribution in [-0.2, 0) is 13.6 Å². The highest BCUT2D eigenvalue weighted by Gasteiger charge is 2.11. The van der Waals surface area contributed by atoms with Gasteiger partial charge in [0.05, 0.1) is 30.4 Å². The standard InChI is InChI=1S/C30H34N8O/c1-36-21-25(19-35-36)24-8-6-23(7-9-24)18-31-29-17-27(33-22-34-29)28-20-32-30-16-26(10-14-38(28)30)39-15-5-13-37-11-3-2-4-12-37/h6-10,14,16-17,19-22H,2-5,11-13,15,18H2,1H3,(H,31,33,34). The number of hydrogen-bond acceptors (Lipinski definition) is 7. The van der Waals surface area contributed by atoms with Crippen molar-refractivity contribution in [3.63, 3.8) is 0 Å². The van der Waals surface area contributed by atoms with Crippen molar-refractivity contribution >= 4 is 11.5 Å². The maximum Gasteiger partial charge on any atom is 0.140 e. The summed E-state index contributed by atoms with van der Waals surface area (Å²) in [6.45, 7) is 4.94. The second-order valence-corrected chi connectivity index (χ2v) is 10.1. The zero-order chi connectivity index (χ0) is 26.4. The lowest BCUT2D eigenvalue weighted by molar-refractivity contribution is 0.205. The number of aromatic nitrogens is 6. The second-order valence-electron chi connectivity index (χ2n) is 10.1. The molecule has 1 aromatic carbocycles. The molecule has 0 saturated carbocycles. The molecule has 1 aliphatic rings. The van der Waals surface area contributed by atoms with E-state index in [-0.39, 0.29) is 0 Å². The average molecular weight is 523 g/mol. The summed E-state index contributed by atoms with van der Waals surface area (Å²) in [7, 11) is 1.93. The number of benzene rings is 1. The summed E-state index contributed by atoms with van der Waals surface area (Å²) in [5, 5.41) is 7.67. The van der Waals surface area contributed by atoms with Crippen LogP contribution in [0.4, 0.5) is 5.82 Å². The second kappa shape index (κ2) is 11.7. The topological polar surface area (TPSA) is 85.4 Å². The van der Waals surface area contributed by atoms with E-state index in [9.17, 15) is 0 Å². The van der Waals surface area contributed by atoms with Crippen LogP contribution in [-0.4, -0.2) is 60.3 Å². The van der Waals surface area contributed by atoms with E-state index in [1.807, 2.05) is 59.1 Å². The van der Waals surface area contributed by atoms with Crippen LogP contribution in [0.3, 0.4) is 0 Å². The van der Waals surface area contributed by atoms with Crippen molar-refractivity contribution in [3.8, 4) is 28.3 Å². The number of anilines is 1. The quantitative estimate of drug-likeness (QED) is 0.257. The minimum Gasteiger partial charge on any atom is -0.493 e. The number of hydrogen-bond donors (Lipinski definition) is 1. The van der Waals surface area contributed by atoms with Crippen LogP contribution in [0.2, 0.25) is 0 Å². The summed E-state index contributed by atoms with van der Waals surface area (Å²) < 4.78 is 9.87. The van der Waals surface area contributed by atoms with Crippen LogP contribution < -0.4 is 10.1 Å². The molecule has 0 bridgehead atoms. The van der Waals surface area contributed by atoms with E-state index in [4.69, 9.17) is 4.74 Å². The molecule has 9 heteroatoms. The van der Waals surface area contributed by atoms with Gasteiger partial charge in [-0.05, 0) is 49.5 Å². The zero-order valence-corrected chi connectivity index (χ0v) is 22.3. The summed E-state index contributed by atoms with van der Waals surface area (Å²) in [4.78, 5) is 16.1. The molecular weight excluding hydrogens is 488 g/mol. The summed E-state index contributed by atoms with van der Waals surface area (Å²) >= 11 is 0. The fourth-order valence-electron chi connectivity index (χ4n) is 5.07. The number of rotatable bonds is 10. The van der Waals surface area contributed by atoms with E-state index in [1.54, 1.807) is 6.33 Å². The monoisotopic (exact) mass is 522 g/mol. The molecule has 0 radical (unpaired) electrons. The molecule has 200 valence electrons. The fraction of sp³-hybridized carbons (Fsp3) is 0.333. The molecule has 4 aromatic heterocycles. The maximum atomic E-state index is 6.03. The summed E-state index contributed by atoms with van der Waals surface area (Å²) in [6, 6.07) is 14.4. The number of nitrogens with zero attached hydrogens (tertiary/aromatic N) is 7. The van der Waals surface area contributed by atoms with E-state index in [0.29, 0.717) is 13.2 Å². The van der Waals surface area contributed by atoms with Gasteiger partial charge in [-0.2, -0.15) is 5.10 Å². The first kappa shape index (κ1) is 25.1. The summed E-state index contributed by atoms with van der Waals surface area (Å²) in [5.74, 6) is 1.61. The van der Waals surface area contributed by atoms with Crippen molar-refractivity contribution in [3.05, 3.63) is 79.1 Å². The SMILES string of the molecule is Cn1cc(-c2ccc(CNc3cc(-c4cnc5cc(OCCCN6CCCCC6)ccn45)ncn3)cc2)cn1. The van der Waals surface area contributed by atoms with E-state index in [0.717, 1.165) is 52.7 Å². The Morgan fingerprint density at radius 2 is 1.79 bits per heavy atom.